The first-order valence-corrected chi connectivity index (χ1v) is 41.6. The lowest BCUT2D eigenvalue weighted by Crippen LogP contribution is -2.03. The predicted molar refractivity (Wildman–Crippen MR) is 500 cm³/mol. The standard InChI is InChI=1S/C38H32O7.C31H26O5.C24H20O4.C17H14O3/c39-28-9-1-22(2-10-28)17-26-21-27(18-23-3-11-29(40)12-4-23)36(43)35-34(26)32(19-24-5-13-30(41)14-6-24)37(44)33(38(35)45)20-25-7-15-31(42)16-8-25;32-25-8-1-19(2-9-25)15-22-7-14-28-29(31(22)36)23(16-20-3-10-26(33)11-4-20)18-24(30(28)35)17-21-5-12-27(34)13-6-21;25-19-7-1-15(2-8-19)13-17-5-11-22-21(23(17)27)12-6-18(24(22)28)14-16-3-9-20(26)10-4-16;18-13-7-4-11(5-8-13)10-12-6-9-15(19)14-2-1-3-16(20)17(12)14/h1-16,21,39-45H,17-20H2;1-14,18,32-36H,15-17H2;1-12,25-28H,13-14H2;1-9,18-20H,10H2. The molecular weight excluding hydrogens is 1630 g/mol. The van der Waals surface area contributed by atoms with Gasteiger partial charge in [0.1, 0.15) is 109 Å². The fraction of sp³-hybridized carbons (Fsp3) is 0.0909. The number of fused-ring (bicyclic) bond motifs is 4. The zero-order valence-corrected chi connectivity index (χ0v) is 69.7. The first-order chi connectivity index (χ1) is 62.2. The van der Waals surface area contributed by atoms with E-state index >= 15 is 0 Å². The van der Waals surface area contributed by atoms with Gasteiger partial charge in [-0.1, -0.05) is 188 Å². The second-order valence-electron chi connectivity index (χ2n) is 32.1. The molecule has 19 heteroatoms. The molecule has 646 valence electrons. The molecule has 0 radical (unpaired) electrons. The van der Waals surface area contributed by atoms with E-state index in [1.54, 1.807) is 182 Å². The van der Waals surface area contributed by atoms with E-state index in [1.165, 1.54) is 12.1 Å². The molecule has 0 aromatic heterocycles. The maximum absolute atomic E-state index is 11.9. The molecular formula is C110H92O19. The van der Waals surface area contributed by atoms with Crippen LogP contribution in [-0.4, -0.2) is 97.0 Å². The summed E-state index contributed by atoms with van der Waals surface area (Å²) in [7, 11) is 0. The van der Waals surface area contributed by atoms with Gasteiger partial charge >= 0.3 is 0 Å². The minimum absolute atomic E-state index is 0.0918. The van der Waals surface area contributed by atoms with Crippen LogP contribution in [0.1, 0.15) is 111 Å². The molecule has 0 saturated heterocycles. The summed E-state index contributed by atoms with van der Waals surface area (Å²) in [5, 5.41) is 200. The topological polar surface area (TPSA) is 384 Å². The molecule has 0 bridgehead atoms. The van der Waals surface area contributed by atoms with E-state index in [0.29, 0.717) is 111 Å². The molecule has 18 rings (SSSR count). The minimum atomic E-state index is -0.248. The normalized spacial score (nSPS) is 11.1. The number of aromatic hydroxyl groups is 19. The summed E-state index contributed by atoms with van der Waals surface area (Å²) in [6, 6.07) is 91.2. The van der Waals surface area contributed by atoms with Crippen LogP contribution in [0.2, 0.25) is 0 Å². The van der Waals surface area contributed by atoms with Crippen molar-refractivity contribution in [3.63, 3.8) is 0 Å². The Morgan fingerprint density at radius 2 is 0.380 bits per heavy atom. The van der Waals surface area contributed by atoms with Gasteiger partial charge in [-0.15, -0.1) is 0 Å². The molecule has 18 aromatic carbocycles. The fourth-order valence-electron chi connectivity index (χ4n) is 16.3. The number of benzene rings is 18. The van der Waals surface area contributed by atoms with Gasteiger partial charge in [-0.2, -0.15) is 0 Å². The largest absolute Gasteiger partial charge is 0.508 e. The van der Waals surface area contributed by atoms with E-state index in [2.05, 4.69) is 0 Å². The Kier molecular flexibility index (Phi) is 26.0. The Morgan fingerprint density at radius 3 is 0.721 bits per heavy atom. The first-order valence-electron chi connectivity index (χ1n) is 41.6. The number of hydrogen-bond acceptors (Lipinski definition) is 19. The summed E-state index contributed by atoms with van der Waals surface area (Å²) >= 11 is 0. The van der Waals surface area contributed by atoms with E-state index in [-0.39, 0.29) is 133 Å². The van der Waals surface area contributed by atoms with Crippen LogP contribution in [0.3, 0.4) is 0 Å². The third-order valence-corrected chi connectivity index (χ3v) is 23.0. The zero-order chi connectivity index (χ0) is 90.7. The van der Waals surface area contributed by atoms with E-state index < -0.39 is 0 Å². The number of hydrogen-bond donors (Lipinski definition) is 19. The smallest absolute Gasteiger partial charge is 0.134 e. The molecule has 0 atom stereocenters. The maximum atomic E-state index is 11.9. The van der Waals surface area contributed by atoms with Crippen LogP contribution in [0.15, 0.2) is 322 Å². The van der Waals surface area contributed by atoms with Gasteiger partial charge in [-0.25, -0.2) is 0 Å². The summed E-state index contributed by atoms with van der Waals surface area (Å²) in [4.78, 5) is 0. The van der Waals surface area contributed by atoms with Crippen molar-refractivity contribution in [3.8, 4) is 109 Å². The van der Waals surface area contributed by atoms with Crippen LogP contribution < -0.4 is 0 Å². The van der Waals surface area contributed by atoms with E-state index in [9.17, 15) is 97.0 Å². The van der Waals surface area contributed by atoms with Crippen LogP contribution >= 0.6 is 0 Å². The van der Waals surface area contributed by atoms with Crippen LogP contribution in [-0.2, 0) is 64.2 Å². The Bertz CT molecular complexity index is 6960. The quantitative estimate of drug-likeness (QED) is 0.0337. The molecule has 0 aliphatic rings. The molecule has 0 amide bonds. The predicted octanol–water partition coefficient (Wildman–Crippen LogP) is 21.7. The molecule has 0 unspecified atom stereocenters. The average Bonchev–Trinajstić information content (AvgIpc) is 0.720. The van der Waals surface area contributed by atoms with Gasteiger partial charge in [0.2, 0.25) is 0 Å². The molecule has 18 aromatic rings. The van der Waals surface area contributed by atoms with Gasteiger partial charge in [-0.3, -0.25) is 0 Å². The van der Waals surface area contributed by atoms with E-state index in [1.807, 2.05) is 127 Å². The maximum Gasteiger partial charge on any atom is 0.134 e. The summed E-state index contributed by atoms with van der Waals surface area (Å²) in [5.41, 5.74) is 15.8. The molecule has 129 heavy (non-hydrogen) atoms. The van der Waals surface area contributed by atoms with Crippen molar-refractivity contribution < 1.29 is 97.0 Å². The summed E-state index contributed by atoms with van der Waals surface area (Å²) in [5.74, 6) is 2.00. The first kappa shape index (κ1) is 87.1. The summed E-state index contributed by atoms with van der Waals surface area (Å²) < 4.78 is 0. The molecule has 0 heterocycles. The number of phenolic OH excluding ortho intramolecular Hbond substituents is 19. The molecule has 0 fully saturated rings. The molecule has 0 saturated carbocycles. The molecule has 0 aliphatic heterocycles. The lowest BCUT2D eigenvalue weighted by Gasteiger charge is -2.22. The summed E-state index contributed by atoms with van der Waals surface area (Å²) in [6.07, 6.45) is 4.15. The average molecular weight is 1720 g/mol. The SMILES string of the molecule is Oc1ccc(Cc2cc(Cc3ccc(O)cc3)c3c(Cc4ccc(O)cc4)c(O)c(Cc4ccc(O)cc4)c(O)c3c2O)cc1.Oc1ccc(Cc2cc(Cc3ccc(O)cc3)c3c(O)c(Cc4ccc(O)cc4)ccc3c2O)cc1.Oc1ccc(Cc2ccc(O)c3cccc(O)c23)cc1.Oc1ccc(Cc2ccc3c(O)c(Cc4ccc(O)cc4)ccc3c2O)cc1. The highest BCUT2D eigenvalue weighted by molar-refractivity contribution is 6.03. The Morgan fingerprint density at radius 1 is 0.132 bits per heavy atom. The molecule has 19 nitrogen and oxygen atoms in total. The third kappa shape index (κ3) is 20.7. The number of phenols is 19. The molecule has 0 aliphatic carbocycles. The Labute approximate surface area is 742 Å². The fourth-order valence-corrected chi connectivity index (χ4v) is 16.3. The lowest BCUT2D eigenvalue weighted by molar-refractivity contribution is 0.436. The highest BCUT2D eigenvalue weighted by atomic mass is 16.3. The van der Waals surface area contributed by atoms with Gasteiger partial charge in [0.15, 0.2) is 0 Å². The Balaban J connectivity index is 0.000000137. The van der Waals surface area contributed by atoms with Crippen molar-refractivity contribution in [1.29, 1.82) is 0 Å². The van der Waals surface area contributed by atoms with E-state index in [0.717, 1.165) is 83.5 Å². The van der Waals surface area contributed by atoms with Crippen molar-refractivity contribution in [3.05, 3.63) is 433 Å². The molecule has 19 N–H and O–H groups in total. The van der Waals surface area contributed by atoms with Crippen molar-refractivity contribution in [2.24, 2.45) is 0 Å². The van der Waals surface area contributed by atoms with Crippen molar-refractivity contribution in [2.45, 2.75) is 64.2 Å². The van der Waals surface area contributed by atoms with Crippen molar-refractivity contribution in [2.75, 3.05) is 0 Å². The van der Waals surface area contributed by atoms with Gasteiger partial charge in [0.25, 0.3) is 0 Å². The highest BCUT2D eigenvalue weighted by Gasteiger charge is 2.28. The van der Waals surface area contributed by atoms with Crippen molar-refractivity contribution in [1.82, 2.24) is 0 Å². The highest BCUT2D eigenvalue weighted by Crippen LogP contribution is 2.50. The van der Waals surface area contributed by atoms with Gasteiger partial charge in [0, 0.05) is 88.4 Å². The second-order valence-corrected chi connectivity index (χ2v) is 32.1. The van der Waals surface area contributed by atoms with Gasteiger partial charge in [0.05, 0.1) is 5.39 Å². The van der Waals surface area contributed by atoms with E-state index in [4.69, 9.17) is 0 Å². The number of rotatable bonds is 20. The van der Waals surface area contributed by atoms with Crippen LogP contribution in [0.5, 0.6) is 109 Å². The monoisotopic (exact) mass is 1720 g/mol. The lowest BCUT2D eigenvalue weighted by atomic mass is 9.85. The van der Waals surface area contributed by atoms with Crippen molar-refractivity contribution >= 4 is 43.1 Å². The van der Waals surface area contributed by atoms with Gasteiger partial charge < -0.3 is 97.0 Å². The zero-order valence-electron chi connectivity index (χ0n) is 69.7. The third-order valence-electron chi connectivity index (χ3n) is 23.0. The minimum Gasteiger partial charge on any atom is -0.508 e. The van der Waals surface area contributed by atoms with Crippen LogP contribution in [0.25, 0.3) is 43.1 Å². The van der Waals surface area contributed by atoms with Gasteiger partial charge in [-0.05, 0) is 258 Å². The second kappa shape index (κ2) is 38.5. The Hall–Kier alpha value is -16.8. The van der Waals surface area contributed by atoms with Crippen LogP contribution in [0, 0.1) is 0 Å². The molecule has 0 spiro atoms. The summed E-state index contributed by atoms with van der Waals surface area (Å²) in [6.45, 7) is 0. The van der Waals surface area contributed by atoms with Crippen LogP contribution in [0.4, 0.5) is 0 Å².